The molecule has 0 aromatic heterocycles. The van der Waals surface area contributed by atoms with Gasteiger partial charge in [0.25, 0.3) is 0 Å². The second-order valence-electron chi connectivity index (χ2n) is 2.82. The van der Waals surface area contributed by atoms with Crippen molar-refractivity contribution in [3.63, 3.8) is 0 Å². The lowest BCUT2D eigenvalue weighted by Crippen LogP contribution is -2.05. The van der Waals surface area contributed by atoms with Gasteiger partial charge in [0.1, 0.15) is 0 Å². The molecule has 0 radical (unpaired) electrons. The van der Waals surface area contributed by atoms with Crippen molar-refractivity contribution in [1.29, 1.82) is 0 Å². The Balaban J connectivity index is 2.55. The first-order chi connectivity index (χ1) is 7.37. The zero-order valence-electron chi connectivity index (χ0n) is 8.17. The van der Waals surface area contributed by atoms with Crippen LogP contribution in [0.25, 0.3) is 0 Å². The van der Waals surface area contributed by atoms with E-state index < -0.39 is 3.12 Å². The number of anilines is 1. The Morgan fingerprint density at radius 1 is 1.25 bits per heavy atom. The second kappa shape index (κ2) is 6.26. The molecule has 1 amide bonds. The van der Waals surface area contributed by atoms with Crippen LogP contribution in [0.1, 0.15) is 6.92 Å². The van der Waals surface area contributed by atoms with Gasteiger partial charge in [-0.2, -0.15) is 0 Å². The average molecular weight is 317 g/mol. The number of hydrogen-bond donors (Lipinski definition) is 1. The molecule has 0 saturated heterocycles. The minimum absolute atomic E-state index is 0.101. The number of halogens is 3. The molecule has 0 aliphatic rings. The van der Waals surface area contributed by atoms with E-state index in [9.17, 15) is 4.79 Å². The van der Waals surface area contributed by atoms with Gasteiger partial charge in [-0.3, -0.25) is 4.79 Å². The molecule has 0 spiro atoms. The van der Waals surface area contributed by atoms with Crippen LogP contribution < -0.4 is 5.32 Å². The maximum Gasteiger partial charge on any atom is 0.247 e. The Bertz CT molecular complexity index is 364. The Kier molecular flexibility index (Phi) is 5.61. The maximum atomic E-state index is 10.8. The number of benzene rings is 1. The number of hydrogen-bond acceptors (Lipinski definition) is 3. The topological polar surface area (TPSA) is 29.1 Å². The van der Waals surface area contributed by atoms with E-state index in [1.54, 1.807) is 12.1 Å². The van der Waals surface area contributed by atoms with E-state index in [0.717, 1.165) is 21.4 Å². The first-order valence-corrected chi connectivity index (χ1v) is 7.45. The minimum atomic E-state index is -1.33. The third-order valence-electron chi connectivity index (χ3n) is 1.41. The molecule has 0 saturated carbocycles. The van der Waals surface area contributed by atoms with Crippen LogP contribution >= 0.6 is 56.4 Å². The number of rotatable bonds is 3. The Hall–Kier alpha value is 0.260. The zero-order valence-corrected chi connectivity index (χ0v) is 12.1. The molecule has 1 aromatic rings. The van der Waals surface area contributed by atoms with E-state index in [1.165, 1.54) is 17.7 Å². The summed E-state index contributed by atoms with van der Waals surface area (Å²) in [6, 6.07) is 7.28. The van der Waals surface area contributed by atoms with E-state index in [-0.39, 0.29) is 5.91 Å². The standard InChI is InChI=1S/C9H8Cl3NOS2/c1-6(14)13-7-2-4-8(5-3-7)15-16-9(10,11)12/h2-5H,1H3,(H,13,14). The summed E-state index contributed by atoms with van der Waals surface area (Å²) >= 11 is 16.8. The molecule has 0 heterocycles. The second-order valence-corrected chi connectivity index (χ2v) is 8.19. The normalized spacial score (nSPS) is 11.2. The summed E-state index contributed by atoms with van der Waals surface area (Å²) in [4.78, 5) is 11.7. The maximum absolute atomic E-state index is 10.8. The highest BCUT2D eigenvalue weighted by Crippen LogP contribution is 2.48. The van der Waals surface area contributed by atoms with E-state index in [4.69, 9.17) is 34.8 Å². The predicted molar refractivity (Wildman–Crippen MR) is 74.5 cm³/mol. The fraction of sp³-hybridized carbons (Fsp3) is 0.222. The predicted octanol–water partition coefficient (Wildman–Crippen LogP) is 4.71. The summed E-state index contributed by atoms with van der Waals surface area (Å²) in [6.07, 6.45) is 0. The van der Waals surface area contributed by atoms with Crippen LogP contribution in [0.5, 0.6) is 0 Å². The summed E-state index contributed by atoms with van der Waals surface area (Å²) in [5, 5.41) is 2.67. The Morgan fingerprint density at radius 2 is 1.81 bits per heavy atom. The third-order valence-corrected chi connectivity index (χ3v) is 5.24. The molecule has 0 bridgehead atoms. The lowest BCUT2D eigenvalue weighted by Gasteiger charge is -2.09. The van der Waals surface area contributed by atoms with Crippen LogP contribution in [-0.4, -0.2) is 9.03 Å². The smallest absolute Gasteiger partial charge is 0.247 e. The first kappa shape index (κ1) is 14.3. The van der Waals surface area contributed by atoms with Gasteiger partial charge in [-0.25, -0.2) is 0 Å². The zero-order chi connectivity index (χ0) is 12.2. The molecule has 0 aliphatic heterocycles. The minimum Gasteiger partial charge on any atom is -0.326 e. The Labute approximate surface area is 117 Å². The highest BCUT2D eigenvalue weighted by molar-refractivity contribution is 8.78. The fourth-order valence-corrected chi connectivity index (χ4v) is 3.09. The van der Waals surface area contributed by atoms with Gasteiger partial charge in [-0.05, 0) is 35.1 Å². The van der Waals surface area contributed by atoms with Gasteiger partial charge in [-0.1, -0.05) is 45.6 Å². The largest absolute Gasteiger partial charge is 0.326 e. The van der Waals surface area contributed by atoms with Crippen molar-refractivity contribution in [2.75, 3.05) is 5.32 Å². The molecule has 1 aromatic carbocycles. The van der Waals surface area contributed by atoms with Crippen LogP contribution in [0, 0.1) is 0 Å². The summed E-state index contributed by atoms with van der Waals surface area (Å²) in [7, 11) is 2.50. The molecule has 7 heteroatoms. The van der Waals surface area contributed by atoms with Crippen LogP contribution in [0.3, 0.4) is 0 Å². The van der Waals surface area contributed by atoms with Crippen molar-refractivity contribution in [1.82, 2.24) is 0 Å². The molecule has 88 valence electrons. The lowest BCUT2D eigenvalue weighted by atomic mass is 10.3. The number of nitrogens with one attached hydrogen (secondary N) is 1. The van der Waals surface area contributed by atoms with Gasteiger partial charge in [0.2, 0.25) is 9.03 Å². The highest BCUT2D eigenvalue weighted by Gasteiger charge is 2.20. The summed E-state index contributed by atoms with van der Waals surface area (Å²) in [5.41, 5.74) is 0.746. The van der Waals surface area contributed by atoms with Gasteiger partial charge in [-0.15, -0.1) is 0 Å². The molecule has 16 heavy (non-hydrogen) atoms. The number of alkyl halides is 3. The quantitative estimate of drug-likeness (QED) is 0.646. The molecule has 0 unspecified atom stereocenters. The van der Waals surface area contributed by atoms with Crippen molar-refractivity contribution in [3.8, 4) is 0 Å². The van der Waals surface area contributed by atoms with Crippen LogP contribution in [-0.2, 0) is 4.79 Å². The highest BCUT2D eigenvalue weighted by atomic mass is 35.6. The van der Waals surface area contributed by atoms with Crippen molar-refractivity contribution >= 4 is 68.0 Å². The van der Waals surface area contributed by atoms with Crippen LogP contribution in [0.4, 0.5) is 5.69 Å². The van der Waals surface area contributed by atoms with Crippen molar-refractivity contribution in [2.45, 2.75) is 14.9 Å². The van der Waals surface area contributed by atoms with Gasteiger partial charge in [0.05, 0.1) is 0 Å². The van der Waals surface area contributed by atoms with E-state index in [1.807, 2.05) is 12.1 Å². The molecule has 0 atom stereocenters. The van der Waals surface area contributed by atoms with E-state index in [0.29, 0.717) is 0 Å². The van der Waals surface area contributed by atoms with Gasteiger partial charge in [0.15, 0.2) is 0 Å². The van der Waals surface area contributed by atoms with Gasteiger partial charge >= 0.3 is 0 Å². The van der Waals surface area contributed by atoms with E-state index >= 15 is 0 Å². The van der Waals surface area contributed by atoms with Crippen molar-refractivity contribution in [3.05, 3.63) is 24.3 Å². The van der Waals surface area contributed by atoms with Crippen LogP contribution in [0.2, 0.25) is 0 Å². The average Bonchev–Trinajstić information content (AvgIpc) is 2.14. The van der Waals surface area contributed by atoms with Gasteiger partial charge in [0, 0.05) is 17.5 Å². The SMILES string of the molecule is CC(=O)Nc1ccc(SSC(Cl)(Cl)Cl)cc1. The number of carbonyl (C=O) groups excluding carboxylic acids is 1. The van der Waals surface area contributed by atoms with Crippen molar-refractivity contribution in [2.24, 2.45) is 0 Å². The number of carbonyl (C=O) groups is 1. The third kappa shape index (κ3) is 6.11. The van der Waals surface area contributed by atoms with Gasteiger partial charge < -0.3 is 5.32 Å². The first-order valence-electron chi connectivity index (χ1n) is 4.17. The summed E-state index contributed by atoms with van der Waals surface area (Å²) in [6.45, 7) is 1.46. The summed E-state index contributed by atoms with van der Waals surface area (Å²) in [5.74, 6) is -0.101. The Morgan fingerprint density at radius 3 is 2.25 bits per heavy atom. The monoisotopic (exact) mass is 315 g/mol. The van der Waals surface area contributed by atoms with Crippen LogP contribution in [0.15, 0.2) is 29.2 Å². The van der Waals surface area contributed by atoms with Crippen molar-refractivity contribution < 1.29 is 4.79 Å². The number of amides is 1. The molecule has 0 aliphatic carbocycles. The fourth-order valence-electron chi connectivity index (χ4n) is 0.892. The lowest BCUT2D eigenvalue weighted by molar-refractivity contribution is -0.114. The molecular formula is C9H8Cl3NOS2. The molecule has 2 nitrogen and oxygen atoms in total. The molecule has 1 N–H and O–H groups in total. The molecule has 0 fully saturated rings. The molecule has 1 rings (SSSR count). The molecular weight excluding hydrogens is 309 g/mol. The van der Waals surface area contributed by atoms with E-state index in [2.05, 4.69) is 5.32 Å². The summed E-state index contributed by atoms with van der Waals surface area (Å²) < 4.78 is -1.33.